The van der Waals surface area contributed by atoms with Gasteiger partial charge in [-0.15, -0.1) is 0 Å². The molecule has 0 aromatic heterocycles. The fourth-order valence-electron chi connectivity index (χ4n) is 2.64. The van der Waals surface area contributed by atoms with Crippen molar-refractivity contribution in [3.05, 3.63) is 18.2 Å². The van der Waals surface area contributed by atoms with Crippen molar-refractivity contribution < 1.29 is 14.6 Å². The van der Waals surface area contributed by atoms with E-state index in [0.29, 0.717) is 19.3 Å². The quantitative estimate of drug-likeness (QED) is 0.838. The van der Waals surface area contributed by atoms with Crippen molar-refractivity contribution in [1.29, 1.82) is 0 Å². The number of rotatable bonds is 3. The highest BCUT2D eigenvalue weighted by molar-refractivity contribution is 5.57. The van der Waals surface area contributed by atoms with Crippen LogP contribution in [-0.2, 0) is 0 Å². The summed E-state index contributed by atoms with van der Waals surface area (Å²) >= 11 is 0. The van der Waals surface area contributed by atoms with Crippen LogP contribution in [0.1, 0.15) is 6.42 Å². The summed E-state index contributed by atoms with van der Waals surface area (Å²) in [6, 6.07) is 6.46. The van der Waals surface area contributed by atoms with E-state index in [1.165, 1.54) is 0 Å². The van der Waals surface area contributed by atoms with Crippen molar-refractivity contribution >= 4 is 5.69 Å². The monoisotopic (exact) mass is 264 g/mol. The van der Waals surface area contributed by atoms with Gasteiger partial charge >= 0.3 is 0 Å². The van der Waals surface area contributed by atoms with Gasteiger partial charge in [-0.1, -0.05) is 0 Å². The van der Waals surface area contributed by atoms with Crippen LogP contribution in [0.4, 0.5) is 5.69 Å². The van der Waals surface area contributed by atoms with E-state index in [4.69, 9.17) is 14.6 Å². The van der Waals surface area contributed by atoms with Gasteiger partial charge < -0.3 is 24.8 Å². The summed E-state index contributed by atoms with van der Waals surface area (Å²) in [5.74, 6) is 1.66. The summed E-state index contributed by atoms with van der Waals surface area (Å²) in [5, 5.41) is 12.5. The average Bonchev–Trinajstić information content (AvgIpc) is 2.47. The Kier molecular flexibility index (Phi) is 3.75. The van der Waals surface area contributed by atoms with Gasteiger partial charge in [-0.2, -0.15) is 0 Å². The topological polar surface area (TPSA) is 54.0 Å². The number of nitrogens with one attached hydrogen (secondary N) is 1. The van der Waals surface area contributed by atoms with Gasteiger partial charge in [-0.3, -0.25) is 0 Å². The van der Waals surface area contributed by atoms with E-state index >= 15 is 0 Å². The maximum atomic E-state index is 9.04. The number of hydrogen-bond donors (Lipinski definition) is 2. The van der Waals surface area contributed by atoms with Gasteiger partial charge in [-0.05, 0) is 18.6 Å². The molecule has 0 aliphatic carbocycles. The zero-order valence-electron chi connectivity index (χ0n) is 11.0. The van der Waals surface area contributed by atoms with Gasteiger partial charge in [0.15, 0.2) is 11.5 Å². The molecule has 104 valence electrons. The molecule has 2 aliphatic rings. The molecule has 1 unspecified atom stereocenters. The number of fused-ring (bicyclic) bond motifs is 1. The third-order valence-electron chi connectivity index (χ3n) is 3.62. The summed E-state index contributed by atoms with van der Waals surface area (Å²) in [7, 11) is 0. The van der Waals surface area contributed by atoms with Gasteiger partial charge in [0.2, 0.25) is 0 Å². The van der Waals surface area contributed by atoms with Crippen molar-refractivity contribution in [2.75, 3.05) is 44.4 Å². The van der Waals surface area contributed by atoms with Crippen LogP contribution < -0.4 is 19.7 Å². The number of aliphatic hydroxyl groups excluding tert-OH is 1. The molecule has 19 heavy (non-hydrogen) atoms. The first-order valence-corrected chi connectivity index (χ1v) is 6.85. The molecule has 0 bridgehead atoms. The standard InChI is InChI=1S/C14H20N2O3/c17-6-3-11-10-16(5-4-15-11)12-1-2-13-14(9-12)19-8-7-18-13/h1-2,9,11,15,17H,3-8,10H2. The maximum absolute atomic E-state index is 9.04. The largest absolute Gasteiger partial charge is 0.486 e. The lowest BCUT2D eigenvalue weighted by molar-refractivity contribution is 0.171. The molecule has 0 amide bonds. The second-order valence-electron chi connectivity index (χ2n) is 4.94. The lowest BCUT2D eigenvalue weighted by Crippen LogP contribution is -2.51. The minimum atomic E-state index is 0.229. The summed E-state index contributed by atoms with van der Waals surface area (Å²) in [6.07, 6.45) is 0.793. The van der Waals surface area contributed by atoms with Crippen LogP contribution in [0.15, 0.2) is 18.2 Å². The first-order valence-electron chi connectivity index (χ1n) is 6.85. The molecule has 3 rings (SSSR count). The van der Waals surface area contributed by atoms with Crippen LogP contribution in [-0.4, -0.2) is 50.6 Å². The van der Waals surface area contributed by atoms with Crippen molar-refractivity contribution in [2.24, 2.45) is 0 Å². The predicted octanol–water partition coefficient (Wildman–Crippen LogP) is 0.618. The molecule has 1 atom stereocenters. The molecule has 2 N–H and O–H groups in total. The first-order chi connectivity index (χ1) is 9.36. The molecule has 2 aliphatic heterocycles. The van der Waals surface area contributed by atoms with E-state index in [1.807, 2.05) is 6.07 Å². The third kappa shape index (κ3) is 2.77. The van der Waals surface area contributed by atoms with E-state index in [0.717, 1.165) is 43.2 Å². The molecule has 1 fully saturated rings. The van der Waals surface area contributed by atoms with Crippen molar-refractivity contribution in [3.63, 3.8) is 0 Å². The van der Waals surface area contributed by atoms with Gasteiger partial charge in [0.05, 0.1) is 0 Å². The average molecular weight is 264 g/mol. The Morgan fingerprint density at radius 3 is 2.95 bits per heavy atom. The minimum absolute atomic E-state index is 0.229. The van der Waals surface area contributed by atoms with E-state index in [1.54, 1.807) is 0 Å². The lowest BCUT2D eigenvalue weighted by atomic mass is 10.1. The molecule has 1 aromatic rings. The molecule has 5 heteroatoms. The first kappa shape index (κ1) is 12.6. The maximum Gasteiger partial charge on any atom is 0.163 e. The van der Waals surface area contributed by atoms with Crippen LogP contribution in [0.2, 0.25) is 0 Å². The van der Waals surface area contributed by atoms with Crippen LogP contribution in [0.25, 0.3) is 0 Å². The Morgan fingerprint density at radius 2 is 2.11 bits per heavy atom. The van der Waals surface area contributed by atoms with Crippen molar-refractivity contribution in [2.45, 2.75) is 12.5 Å². The molecule has 1 saturated heterocycles. The lowest BCUT2D eigenvalue weighted by Gasteiger charge is -2.35. The Bertz CT molecular complexity index is 437. The molecular weight excluding hydrogens is 244 g/mol. The fraction of sp³-hybridized carbons (Fsp3) is 0.571. The Labute approximate surface area is 113 Å². The summed E-state index contributed by atoms with van der Waals surface area (Å²) in [4.78, 5) is 2.33. The Hall–Kier alpha value is -1.46. The molecule has 1 aromatic carbocycles. The number of ether oxygens (including phenoxy) is 2. The van der Waals surface area contributed by atoms with Gasteiger partial charge in [0.25, 0.3) is 0 Å². The van der Waals surface area contributed by atoms with Crippen LogP contribution in [0, 0.1) is 0 Å². The minimum Gasteiger partial charge on any atom is -0.486 e. The van der Waals surface area contributed by atoms with Crippen molar-refractivity contribution in [1.82, 2.24) is 5.32 Å². The molecular formula is C14H20N2O3. The van der Waals surface area contributed by atoms with Gasteiger partial charge in [-0.25, -0.2) is 0 Å². The number of hydrogen-bond acceptors (Lipinski definition) is 5. The zero-order valence-corrected chi connectivity index (χ0v) is 11.0. The summed E-state index contributed by atoms with van der Waals surface area (Å²) < 4.78 is 11.2. The van der Waals surface area contributed by atoms with E-state index in [-0.39, 0.29) is 6.61 Å². The SMILES string of the molecule is OCCC1CN(c2ccc3c(c2)OCCO3)CCN1. The Morgan fingerprint density at radius 1 is 1.26 bits per heavy atom. The summed E-state index contributed by atoms with van der Waals surface area (Å²) in [5.41, 5.74) is 1.16. The number of aliphatic hydroxyl groups is 1. The number of piperazine rings is 1. The van der Waals surface area contributed by atoms with Gasteiger partial charge in [0.1, 0.15) is 13.2 Å². The second kappa shape index (κ2) is 5.67. The normalized spacial score (nSPS) is 22.4. The highest BCUT2D eigenvalue weighted by Crippen LogP contribution is 2.34. The van der Waals surface area contributed by atoms with E-state index in [2.05, 4.69) is 22.3 Å². The molecule has 0 spiro atoms. The van der Waals surface area contributed by atoms with Crippen molar-refractivity contribution in [3.8, 4) is 11.5 Å². The van der Waals surface area contributed by atoms with E-state index < -0.39 is 0 Å². The van der Waals surface area contributed by atoms with Crippen LogP contribution in [0.3, 0.4) is 0 Å². The molecule has 5 nitrogen and oxygen atoms in total. The highest BCUT2D eigenvalue weighted by atomic mass is 16.6. The van der Waals surface area contributed by atoms with Gasteiger partial charge in [0, 0.05) is 44.0 Å². The zero-order chi connectivity index (χ0) is 13.1. The fourth-order valence-corrected chi connectivity index (χ4v) is 2.64. The predicted molar refractivity (Wildman–Crippen MR) is 73.1 cm³/mol. The smallest absolute Gasteiger partial charge is 0.163 e. The summed E-state index contributed by atoms with van der Waals surface area (Å²) in [6.45, 7) is 4.30. The molecule has 0 radical (unpaired) electrons. The second-order valence-corrected chi connectivity index (χ2v) is 4.94. The highest BCUT2D eigenvalue weighted by Gasteiger charge is 2.21. The number of nitrogens with zero attached hydrogens (tertiary/aromatic N) is 1. The number of anilines is 1. The van der Waals surface area contributed by atoms with Crippen LogP contribution >= 0.6 is 0 Å². The Balaban J connectivity index is 1.74. The third-order valence-corrected chi connectivity index (χ3v) is 3.62. The molecule has 0 saturated carbocycles. The van der Waals surface area contributed by atoms with E-state index in [9.17, 15) is 0 Å². The van der Waals surface area contributed by atoms with Crippen LogP contribution in [0.5, 0.6) is 11.5 Å². The number of benzene rings is 1. The molecule has 2 heterocycles.